The molecule has 0 aromatic carbocycles. The molecule has 2 atom stereocenters. The normalized spacial score (nSPS) is 28.9. The lowest BCUT2D eigenvalue weighted by Crippen LogP contribution is -2.41. The summed E-state index contributed by atoms with van der Waals surface area (Å²) in [6.45, 7) is 0. The zero-order valence-corrected chi connectivity index (χ0v) is 10.0. The van der Waals surface area contributed by atoms with Gasteiger partial charge in [-0.3, -0.25) is 4.55 Å². The van der Waals surface area contributed by atoms with Gasteiger partial charge in [0, 0.05) is 6.04 Å². The van der Waals surface area contributed by atoms with Crippen molar-refractivity contribution in [2.24, 2.45) is 0 Å². The van der Waals surface area contributed by atoms with Crippen molar-refractivity contribution in [1.29, 1.82) is 0 Å². The van der Waals surface area contributed by atoms with Gasteiger partial charge in [-0.05, 0) is 19.3 Å². The molecule has 0 bridgehead atoms. The molecule has 0 radical (unpaired) electrons. The standard InChI is InChI=1S/C7H15NO5S2/c1-14(9,10)8-6-3-2-4-7(5-6)15(11,12)13/h6-8H,2-5H2,1H3,(H,11,12,13). The summed E-state index contributed by atoms with van der Waals surface area (Å²) in [6.07, 6.45) is 2.77. The predicted octanol–water partition coefficient (Wildman–Crippen LogP) is -0.265. The first-order valence-corrected chi connectivity index (χ1v) is 8.01. The van der Waals surface area contributed by atoms with Crippen molar-refractivity contribution < 1.29 is 21.4 Å². The maximum absolute atomic E-state index is 10.9. The van der Waals surface area contributed by atoms with Crippen molar-refractivity contribution in [1.82, 2.24) is 4.72 Å². The second-order valence-electron chi connectivity index (χ2n) is 3.89. The Bertz CT molecular complexity index is 413. The number of hydrogen-bond donors (Lipinski definition) is 2. The zero-order chi connectivity index (χ0) is 11.7. The smallest absolute Gasteiger partial charge is 0.267 e. The second-order valence-corrected chi connectivity index (χ2v) is 7.37. The molecule has 1 aliphatic carbocycles. The van der Waals surface area contributed by atoms with Gasteiger partial charge in [0.1, 0.15) is 0 Å². The zero-order valence-electron chi connectivity index (χ0n) is 8.38. The average Bonchev–Trinajstić information content (AvgIpc) is 1.99. The molecule has 1 rings (SSSR count). The van der Waals surface area contributed by atoms with Crippen LogP contribution in [0.3, 0.4) is 0 Å². The molecule has 0 amide bonds. The highest BCUT2D eigenvalue weighted by Crippen LogP contribution is 2.23. The third kappa shape index (κ3) is 4.45. The van der Waals surface area contributed by atoms with Gasteiger partial charge in [-0.1, -0.05) is 6.42 Å². The number of rotatable bonds is 3. The molecule has 0 aliphatic heterocycles. The first-order chi connectivity index (χ1) is 6.68. The minimum Gasteiger partial charge on any atom is -0.285 e. The van der Waals surface area contributed by atoms with Crippen LogP contribution in [0, 0.1) is 0 Å². The van der Waals surface area contributed by atoms with Crippen LogP contribution in [0.2, 0.25) is 0 Å². The van der Waals surface area contributed by atoms with Crippen LogP contribution in [0.25, 0.3) is 0 Å². The van der Waals surface area contributed by atoms with E-state index in [9.17, 15) is 16.8 Å². The minimum absolute atomic E-state index is 0.145. The molecule has 90 valence electrons. The van der Waals surface area contributed by atoms with Gasteiger partial charge in [0.05, 0.1) is 11.5 Å². The van der Waals surface area contributed by atoms with E-state index in [1.165, 1.54) is 0 Å². The van der Waals surface area contributed by atoms with E-state index >= 15 is 0 Å². The maximum atomic E-state index is 10.9. The molecule has 0 aromatic rings. The van der Waals surface area contributed by atoms with E-state index in [1.807, 2.05) is 0 Å². The van der Waals surface area contributed by atoms with Crippen LogP contribution in [-0.4, -0.2) is 38.9 Å². The first-order valence-electron chi connectivity index (χ1n) is 4.62. The van der Waals surface area contributed by atoms with Crippen LogP contribution in [0.15, 0.2) is 0 Å². The van der Waals surface area contributed by atoms with Gasteiger partial charge in [0.25, 0.3) is 10.1 Å². The Kier molecular flexibility index (Phi) is 3.75. The molecule has 2 unspecified atom stereocenters. The quantitative estimate of drug-likeness (QED) is 0.678. The molecule has 0 heterocycles. The van der Waals surface area contributed by atoms with E-state index in [0.29, 0.717) is 19.3 Å². The van der Waals surface area contributed by atoms with E-state index in [2.05, 4.69) is 4.72 Å². The molecule has 15 heavy (non-hydrogen) atoms. The molecule has 8 heteroatoms. The summed E-state index contributed by atoms with van der Waals surface area (Å²) in [5, 5.41) is -0.842. The Morgan fingerprint density at radius 1 is 1.20 bits per heavy atom. The van der Waals surface area contributed by atoms with Gasteiger partial charge < -0.3 is 0 Å². The Hall–Kier alpha value is -0.180. The van der Waals surface area contributed by atoms with Crippen molar-refractivity contribution in [2.75, 3.05) is 6.26 Å². The lowest BCUT2D eigenvalue weighted by Gasteiger charge is -2.27. The predicted molar refractivity (Wildman–Crippen MR) is 55.6 cm³/mol. The van der Waals surface area contributed by atoms with Crippen molar-refractivity contribution in [2.45, 2.75) is 37.0 Å². The number of nitrogens with one attached hydrogen (secondary N) is 1. The van der Waals surface area contributed by atoms with Gasteiger partial charge in [-0.25, -0.2) is 13.1 Å². The van der Waals surface area contributed by atoms with Gasteiger partial charge >= 0.3 is 0 Å². The van der Waals surface area contributed by atoms with Crippen LogP contribution in [0.5, 0.6) is 0 Å². The second kappa shape index (κ2) is 4.36. The highest BCUT2D eigenvalue weighted by Gasteiger charge is 2.31. The molecule has 0 saturated heterocycles. The summed E-state index contributed by atoms with van der Waals surface area (Å²) in [5.74, 6) is 0. The van der Waals surface area contributed by atoms with Crippen LogP contribution in [0.1, 0.15) is 25.7 Å². The van der Waals surface area contributed by atoms with Crippen LogP contribution >= 0.6 is 0 Å². The third-order valence-electron chi connectivity index (χ3n) is 2.43. The fourth-order valence-corrected chi connectivity index (χ4v) is 3.58. The van der Waals surface area contributed by atoms with E-state index in [-0.39, 0.29) is 12.5 Å². The molecule has 1 aliphatic rings. The van der Waals surface area contributed by atoms with E-state index < -0.39 is 25.4 Å². The summed E-state index contributed by atoms with van der Waals surface area (Å²) in [7, 11) is -7.37. The van der Waals surface area contributed by atoms with Crippen molar-refractivity contribution in [3.8, 4) is 0 Å². The van der Waals surface area contributed by atoms with Gasteiger partial charge in [0.15, 0.2) is 0 Å². The van der Waals surface area contributed by atoms with Gasteiger partial charge in [0.2, 0.25) is 10.0 Å². The summed E-state index contributed by atoms with van der Waals surface area (Å²) >= 11 is 0. The topological polar surface area (TPSA) is 101 Å². The summed E-state index contributed by atoms with van der Waals surface area (Å²) in [6, 6.07) is -0.388. The van der Waals surface area contributed by atoms with Crippen LogP contribution in [-0.2, 0) is 20.1 Å². The molecular weight excluding hydrogens is 242 g/mol. The number of sulfonamides is 1. The molecule has 0 spiro atoms. The third-order valence-corrected chi connectivity index (χ3v) is 4.46. The maximum Gasteiger partial charge on any atom is 0.267 e. The van der Waals surface area contributed by atoms with E-state index in [4.69, 9.17) is 4.55 Å². The van der Waals surface area contributed by atoms with Crippen LogP contribution < -0.4 is 4.72 Å². The van der Waals surface area contributed by atoms with Gasteiger partial charge in [-0.15, -0.1) is 0 Å². The van der Waals surface area contributed by atoms with E-state index in [0.717, 1.165) is 6.26 Å². The molecule has 1 fully saturated rings. The van der Waals surface area contributed by atoms with E-state index in [1.54, 1.807) is 0 Å². The molecule has 0 aromatic heterocycles. The Morgan fingerprint density at radius 3 is 2.27 bits per heavy atom. The number of hydrogen-bond acceptors (Lipinski definition) is 4. The lowest BCUT2D eigenvalue weighted by atomic mass is 9.96. The fraction of sp³-hybridized carbons (Fsp3) is 1.00. The minimum atomic E-state index is -4.05. The van der Waals surface area contributed by atoms with Crippen LogP contribution in [0.4, 0.5) is 0 Å². The Morgan fingerprint density at radius 2 is 1.80 bits per heavy atom. The fourth-order valence-electron chi connectivity index (χ4n) is 1.83. The summed E-state index contributed by atoms with van der Waals surface area (Å²) in [5.41, 5.74) is 0. The molecular formula is C7H15NO5S2. The highest BCUT2D eigenvalue weighted by molar-refractivity contribution is 7.88. The van der Waals surface area contributed by atoms with Crippen molar-refractivity contribution >= 4 is 20.1 Å². The molecule has 2 N–H and O–H groups in total. The SMILES string of the molecule is CS(=O)(=O)NC1CCCC(S(=O)(=O)O)C1. The monoisotopic (exact) mass is 257 g/mol. The molecule has 6 nitrogen and oxygen atoms in total. The van der Waals surface area contributed by atoms with Crippen molar-refractivity contribution in [3.05, 3.63) is 0 Å². The summed E-state index contributed by atoms with van der Waals surface area (Å²) in [4.78, 5) is 0. The Balaban J connectivity index is 2.65. The average molecular weight is 257 g/mol. The van der Waals surface area contributed by atoms with Gasteiger partial charge in [-0.2, -0.15) is 8.42 Å². The van der Waals surface area contributed by atoms with Crippen molar-refractivity contribution in [3.63, 3.8) is 0 Å². The summed E-state index contributed by atoms with van der Waals surface area (Å²) < 4.78 is 54.8. The first kappa shape index (κ1) is 12.9. The lowest BCUT2D eigenvalue weighted by molar-refractivity contribution is 0.382. The molecule has 1 saturated carbocycles. The Labute approximate surface area is 89.9 Å². The largest absolute Gasteiger partial charge is 0.285 e. The highest BCUT2D eigenvalue weighted by atomic mass is 32.2.